The lowest BCUT2D eigenvalue weighted by Crippen LogP contribution is -2.28. The summed E-state index contributed by atoms with van der Waals surface area (Å²) in [5.41, 5.74) is 6.41. The largest absolute Gasteiger partial charge is 0.383 e. The van der Waals surface area contributed by atoms with Gasteiger partial charge in [-0.25, -0.2) is 0 Å². The van der Waals surface area contributed by atoms with E-state index in [1.807, 2.05) is 0 Å². The highest BCUT2D eigenvalue weighted by molar-refractivity contribution is 6.31. The van der Waals surface area contributed by atoms with Crippen LogP contribution >= 0.6 is 11.6 Å². The molecule has 94 valence electrons. The van der Waals surface area contributed by atoms with Crippen LogP contribution in [0.1, 0.15) is 24.2 Å². The predicted octanol–water partition coefficient (Wildman–Crippen LogP) is 1.85. The van der Waals surface area contributed by atoms with Crippen molar-refractivity contribution < 1.29 is 4.79 Å². The van der Waals surface area contributed by atoms with Gasteiger partial charge in [0.05, 0.1) is 5.56 Å². The van der Waals surface area contributed by atoms with Gasteiger partial charge in [-0.1, -0.05) is 25.4 Å². The van der Waals surface area contributed by atoms with Crippen molar-refractivity contribution in [1.29, 1.82) is 0 Å². The lowest BCUT2D eigenvalue weighted by atomic mass is 10.1. The smallest absolute Gasteiger partial charge is 0.250 e. The molecule has 0 aliphatic heterocycles. The molecule has 17 heavy (non-hydrogen) atoms. The van der Waals surface area contributed by atoms with Gasteiger partial charge >= 0.3 is 0 Å². The Morgan fingerprint density at radius 2 is 2.12 bits per heavy atom. The molecule has 0 saturated carbocycles. The topological polar surface area (TPSA) is 67.2 Å². The molecule has 4 nitrogen and oxygen atoms in total. The number of hydrogen-bond acceptors (Lipinski definition) is 3. The first-order valence-corrected chi connectivity index (χ1v) is 5.95. The summed E-state index contributed by atoms with van der Waals surface area (Å²) in [6.07, 6.45) is 0. The number of benzene rings is 1. The Morgan fingerprint density at radius 3 is 2.71 bits per heavy atom. The molecular formula is C12H18ClN3O. The number of hydrogen-bond donors (Lipinski definition) is 3. The van der Waals surface area contributed by atoms with E-state index >= 15 is 0 Å². The van der Waals surface area contributed by atoms with Crippen LogP contribution in [0, 0.1) is 0 Å². The quantitative estimate of drug-likeness (QED) is 0.680. The van der Waals surface area contributed by atoms with Crippen molar-refractivity contribution in [3.8, 4) is 0 Å². The van der Waals surface area contributed by atoms with Crippen molar-refractivity contribution in [2.75, 3.05) is 18.4 Å². The third-order valence-corrected chi connectivity index (χ3v) is 2.48. The Kier molecular flexibility index (Phi) is 5.25. The molecule has 0 radical (unpaired) electrons. The Labute approximate surface area is 107 Å². The van der Waals surface area contributed by atoms with Crippen LogP contribution in [-0.2, 0) is 0 Å². The molecule has 1 aromatic carbocycles. The normalized spacial score (nSPS) is 10.6. The van der Waals surface area contributed by atoms with E-state index in [1.54, 1.807) is 18.2 Å². The molecule has 0 bridgehead atoms. The van der Waals surface area contributed by atoms with E-state index in [0.717, 1.165) is 6.54 Å². The Bertz CT molecular complexity index is 393. The molecule has 1 rings (SSSR count). The molecule has 1 amide bonds. The maximum Gasteiger partial charge on any atom is 0.250 e. The number of primary amides is 1. The van der Waals surface area contributed by atoms with Crippen molar-refractivity contribution >= 4 is 23.2 Å². The van der Waals surface area contributed by atoms with E-state index in [0.29, 0.717) is 28.9 Å². The van der Waals surface area contributed by atoms with Gasteiger partial charge in [0, 0.05) is 29.8 Å². The third kappa shape index (κ3) is 4.63. The molecule has 0 atom stereocenters. The number of nitrogens with one attached hydrogen (secondary N) is 2. The second-order valence-electron chi connectivity index (χ2n) is 4.09. The minimum atomic E-state index is -0.457. The summed E-state index contributed by atoms with van der Waals surface area (Å²) < 4.78 is 0. The van der Waals surface area contributed by atoms with Crippen molar-refractivity contribution in [1.82, 2.24) is 5.32 Å². The average Bonchev–Trinajstić information content (AvgIpc) is 2.23. The first-order valence-electron chi connectivity index (χ1n) is 5.57. The fraction of sp³-hybridized carbons (Fsp3) is 0.417. The molecule has 0 aliphatic rings. The van der Waals surface area contributed by atoms with Gasteiger partial charge in [0.2, 0.25) is 0 Å². The standard InChI is InChI=1S/C12H18ClN3O/c1-8(2)15-5-6-16-11-7-9(13)3-4-10(11)12(14)17/h3-4,7-8,15-16H,5-6H2,1-2H3,(H2,14,17). The minimum absolute atomic E-state index is 0.437. The maximum atomic E-state index is 11.2. The fourth-order valence-corrected chi connectivity index (χ4v) is 1.61. The zero-order valence-corrected chi connectivity index (χ0v) is 10.8. The maximum absolute atomic E-state index is 11.2. The lowest BCUT2D eigenvalue weighted by molar-refractivity contribution is 0.100. The Balaban J connectivity index is 2.62. The van der Waals surface area contributed by atoms with Gasteiger partial charge in [-0.15, -0.1) is 0 Å². The molecule has 0 unspecified atom stereocenters. The van der Waals surface area contributed by atoms with Crippen LogP contribution in [0.3, 0.4) is 0 Å². The molecule has 0 spiro atoms. The van der Waals surface area contributed by atoms with Gasteiger partial charge in [-0.3, -0.25) is 4.79 Å². The summed E-state index contributed by atoms with van der Waals surface area (Å²) in [4.78, 5) is 11.2. The summed E-state index contributed by atoms with van der Waals surface area (Å²) in [7, 11) is 0. The molecule has 4 N–H and O–H groups in total. The van der Waals surface area contributed by atoms with Crippen LogP contribution in [0.15, 0.2) is 18.2 Å². The molecule has 0 fully saturated rings. The molecule has 0 aromatic heterocycles. The number of amides is 1. The van der Waals surface area contributed by atoms with Crippen LogP contribution in [-0.4, -0.2) is 25.0 Å². The van der Waals surface area contributed by atoms with E-state index in [-0.39, 0.29) is 0 Å². The van der Waals surface area contributed by atoms with Gasteiger partial charge in [0.15, 0.2) is 0 Å². The number of carbonyl (C=O) groups is 1. The second kappa shape index (κ2) is 6.47. The number of nitrogens with two attached hydrogens (primary N) is 1. The van der Waals surface area contributed by atoms with Gasteiger partial charge < -0.3 is 16.4 Å². The van der Waals surface area contributed by atoms with Crippen LogP contribution in [0.2, 0.25) is 5.02 Å². The summed E-state index contributed by atoms with van der Waals surface area (Å²) >= 11 is 5.88. The highest BCUT2D eigenvalue weighted by Gasteiger charge is 2.07. The van der Waals surface area contributed by atoms with Crippen molar-refractivity contribution in [2.24, 2.45) is 5.73 Å². The number of carbonyl (C=O) groups excluding carboxylic acids is 1. The van der Waals surface area contributed by atoms with Gasteiger partial charge in [-0.05, 0) is 18.2 Å². The third-order valence-electron chi connectivity index (χ3n) is 2.24. The summed E-state index contributed by atoms with van der Waals surface area (Å²) in [6, 6.07) is 5.42. The average molecular weight is 256 g/mol. The highest BCUT2D eigenvalue weighted by Crippen LogP contribution is 2.20. The Morgan fingerprint density at radius 1 is 1.41 bits per heavy atom. The summed E-state index contributed by atoms with van der Waals surface area (Å²) in [5.74, 6) is -0.457. The number of halogens is 1. The zero-order chi connectivity index (χ0) is 12.8. The van der Waals surface area contributed by atoms with Crippen molar-refractivity contribution in [3.63, 3.8) is 0 Å². The zero-order valence-electron chi connectivity index (χ0n) is 10.1. The molecule has 0 aliphatic carbocycles. The van der Waals surface area contributed by atoms with Gasteiger partial charge in [0.1, 0.15) is 0 Å². The lowest BCUT2D eigenvalue weighted by Gasteiger charge is -2.12. The van der Waals surface area contributed by atoms with Crippen LogP contribution in [0.25, 0.3) is 0 Å². The van der Waals surface area contributed by atoms with E-state index < -0.39 is 5.91 Å². The number of anilines is 1. The molecule has 1 aromatic rings. The molecular weight excluding hydrogens is 238 g/mol. The van der Waals surface area contributed by atoms with Gasteiger partial charge in [-0.2, -0.15) is 0 Å². The highest BCUT2D eigenvalue weighted by atomic mass is 35.5. The van der Waals surface area contributed by atoms with E-state index in [1.165, 1.54) is 0 Å². The minimum Gasteiger partial charge on any atom is -0.383 e. The summed E-state index contributed by atoms with van der Waals surface area (Å²) in [5, 5.41) is 6.99. The monoisotopic (exact) mass is 255 g/mol. The van der Waals surface area contributed by atoms with E-state index in [9.17, 15) is 4.79 Å². The SMILES string of the molecule is CC(C)NCCNc1cc(Cl)ccc1C(N)=O. The van der Waals surface area contributed by atoms with E-state index in [2.05, 4.69) is 24.5 Å². The molecule has 0 heterocycles. The van der Waals surface area contributed by atoms with Crippen LogP contribution < -0.4 is 16.4 Å². The fourth-order valence-electron chi connectivity index (χ4n) is 1.44. The van der Waals surface area contributed by atoms with E-state index in [4.69, 9.17) is 17.3 Å². The summed E-state index contributed by atoms with van der Waals surface area (Å²) in [6.45, 7) is 5.67. The molecule has 0 saturated heterocycles. The van der Waals surface area contributed by atoms with Gasteiger partial charge in [0.25, 0.3) is 5.91 Å². The number of rotatable bonds is 6. The predicted molar refractivity (Wildman–Crippen MR) is 71.6 cm³/mol. The first-order chi connectivity index (χ1) is 8.00. The van der Waals surface area contributed by atoms with Crippen molar-refractivity contribution in [2.45, 2.75) is 19.9 Å². The second-order valence-corrected chi connectivity index (χ2v) is 4.53. The molecule has 5 heteroatoms. The van der Waals surface area contributed by atoms with Crippen LogP contribution in [0.4, 0.5) is 5.69 Å². The first kappa shape index (κ1) is 13.8. The van der Waals surface area contributed by atoms with Crippen molar-refractivity contribution in [3.05, 3.63) is 28.8 Å². The Hall–Kier alpha value is -1.26. The van der Waals surface area contributed by atoms with Crippen LogP contribution in [0.5, 0.6) is 0 Å².